The number of non-ortho nitro benzene ring substituents is 1. The lowest BCUT2D eigenvalue weighted by molar-refractivity contribution is -0.384. The van der Waals surface area contributed by atoms with Gasteiger partial charge in [0.25, 0.3) is 11.6 Å². The Morgan fingerprint density at radius 2 is 1.75 bits per heavy atom. The number of nitrogens with one attached hydrogen (secondary N) is 1. The number of hydrogen-bond donors (Lipinski definition) is 1. The summed E-state index contributed by atoms with van der Waals surface area (Å²) >= 11 is 1.33. The van der Waals surface area contributed by atoms with Crippen molar-refractivity contribution >= 4 is 28.1 Å². The highest BCUT2D eigenvalue weighted by atomic mass is 32.1. The zero-order valence-electron chi connectivity index (χ0n) is 14.4. The molecule has 0 aliphatic rings. The fourth-order valence-electron chi connectivity index (χ4n) is 2.59. The molecule has 0 radical (unpaired) electrons. The van der Waals surface area contributed by atoms with Gasteiger partial charge in [0.15, 0.2) is 10.9 Å². The quantitative estimate of drug-likeness (QED) is 0.371. The second kappa shape index (κ2) is 7.45. The molecule has 4 rings (SSSR count). The Morgan fingerprint density at radius 1 is 1.00 bits per heavy atom. The largest absolute Gasteiger partial charge is 0.451 e. The van der Waals surface area contributed by atoms with Crippen molar-refractivity contribution < 1.29 is 14.1 Å². The van der Waals surface area contributed by atoms with E-state index in [4.69, 9.17) is 4.42 Å². The topological polar surface area (TPSA) is 98.3 Å². The van der Waals surface area contributed by atoms with Crippen LogP contribution in [0.4, 0.5) is 10.8 Å². The van der Waals surface area contributed by atoms with E-state index in [9.17, 15) is 14.9 Å². The van der Waals surface area contributed by atoms with Gasteiger partial charge in [0.1, 0.15) is 5.76 Å². The summed E-state index contributed by atoms with van der Waals surface area (Å²) in [6, 6.07) is 18.8. The number of nitro groups is 1. The van der Waals surface area contributed by atoms with E-state index in [2.05, 4.69) is 10.3 Å². The number of nitro benzene ring substituents is 1. The molecule has 0 saturated carbocycles. The molecule has 0 fully saturated rings. The summed E-state index contributed by atoms with van der Waals surface area (Å²) in [7, 11) is 0. The number of furan rings is 1. The van der Waals surface area contributed by atoms with Crippen molar-refractivity contribution in [1.82, 2.24) is 4.98 Å². The third kappa shape index (κ3) is 3.67. The molecule has 138 valence electrons. The first-order valence-corrected chi connectivity index (χ1v) is 9.15. The van der Waals surface area contributed by atoms with E-state index in [-0.39, 0.29) is 11.4 Å². The normalized spacial score (nSPS) is 10.6. The predicted molar refractivity (Wildman–Crippen MR) is 106 cm³/mol. The highest BCUT2D eigenvalue weighted by Crippen LogP contribution is 2.27. The Bertz CT molecular complexity index is 1130. The van der Waals surface area contributed by atoms with Crippen LogP contribution in [0.5, 0.6) is 0 Å². The Morgan fingerprint density at radius 3 is 2.46 bits per heavy atom. The highest BCUT2D eigenvalue weighted by Gasteiger charge is 2.15. The van der Waals surface area contributed by atoms with Gasteiger partial charge in [-0.3, -0.25) is 20.2 Å². The van der Waals surface area contributed by atoms with Crippen molar-refractivity contribution in [2.24, 2.45) is 0 Å². The van der Waals surface area contributed by atoms with Gasteiger partial charge < -0.3 is 4.42 Å². The second-order valence-electron chi connectivity index (χ2n) is 5.83. The summed E-state index contributed by atoms with van der Waals surface area (Å²) in [6.07, 6.45) is 0. The number of carbonyl (C=O) groups is 1. The smallest absolute Gasteiger partial charge is 0.293 e. The molecule has 0 bridgehead atoms. The molecule has 1 amide bonds. The molecular weight excluding hydrogens is 378 g/mol. The van der Waals surface area contributed by atoms with Gasteiger partial charge in [-0.2, -0.15) is 0 Å². The van der Waals surface area contributed by atoms with Gasteiger partial charge >= 0.3 is 0 Å². The van der Waals surface area contributed by atoms with Crippen LogP contribution in [0, 0.1) is 10.1 Å². The molecule has 0 aliphatic heterocycles. The molecule has 0 saturated heterocycles. The van der Waals surface area contributed by atoms with Crippen LogP contribution in [0.15, 0.2) is 76.5 Å². The van der Waals surface area contributed by atoms with E-state index < -0.39 is 10.8 Å². The molecule has 0 unspecified atom stereocenters. The first kappa shape index (κ1) is 17.6. The lowest BCUT2D eigenvalue weighted by Crippen LogP contribution is -2.10. The first-order chi connectivity index (χ1) is 13.6. The summed E-state index contributed by atoms with van der Waals surface area (Å²) < 4.78 is 5.59. The number of aromatic nitrogens is 1. The minimum Gasteiger partial charge on any atom is -0.451 e. The molecular formula is C20H13N3O4S. The molecule has 4 aromatic rings. The number of anilines is 1. The van der Waals surface area contributed by atoms with E-state index in [1.54, 1.807) is 24.3 Å². The first-order valence-electron chi connectivity index (χ1n) is 8.27. The molecule has 0 aliphatic carbocycles. The Balaban J connectivity index is 1.48. The van der Waals surface area contributed by atoms with Gasteiger partial charge in [-0.1, -0.05) is 30.3 Å². The van der Waals surface area contributed by atoms with E-state index >= 15 is 0 Å². The van der Waals surface area contributed by atoms with Crippen LogP contribution in [0.1, 0.15) is 10.6 Å². The lowest BCUT2D eigenvalue weighted by Gasteiger charge is -1.99. The van der Waals surface area contributed by atoms with Gasteiger partial charge in [-0.15, -0.1) is 11.3 Å². The molecule has 7 nitrogen and oxygen atoms in total. The van der Waals surface area contributed by atoms with Crippen molar-refractivity contribution in [2.75, 3.05) is 5.32 Å². The van der Waals surface area contributed by atoms with Crippen LogP contribution in [-0.2, 0) is 0 Å². The molecule has 2 aromatic carbocycles. The van der Waals surface area contributed by atoms with E-state index in [0.717, 1.165) is 11.3 Å². The summed E-state index contributed by atoms with van der Waals surface area (Å²) in [6.45, 7) is 0. The molecule has 0 spiro atoms. The summed E-state index contributed by atoms with van der Waals surface area (Å²) in [4.78, 5) is 27.1. The van der Waals surface area contributed by atoms with Crippen molar-refractivity contribution in [3.63, 3.8) is 0 Å². The van der Waals surface area contributed by atoms with Crippen molar-refractivity contribution in [3.05, 3.63) is 88.0 Å². The van der Waals surface area contributed by atoms with Crippen LogP contribution in [0.25, 0.3) is 22.6 Å². The summed E-state index contributed by atoms with van der Waals surface area (Å²) in [5.74, 6) is 0.163. The van der Waals surface area contributed by atoms with Crippen LogP contribution >= 0.6 is 11.3 Å². The van der Waals surface area contributed by atoms with Crippen LogP contribution in [0.3, 0.4) is 0 Å². The SMILES string of the molecule is O=C(Nc1nc(-c2ccccc2)cs1)c1ccc(-c2ccc([N+](=O)[O-])cc2)o1. The number of thiazole rings is 1. The van der Waals surface area contributed by atoms with Gasteiger partial charge in [0, 0.05) is 28.6 Å². The van der Waals surface area contributed by atoms with Gasteiger partial charge in [-0.25, -0.2) is 4.98 Å². The Labute approximate surface area is 163 Å². The number of rotatable bonds is 5. The Kier molecular flexibility index (Phi) is 4.69. The Hall–Kier alpha value is -3.78. The molecule has 2 heterocycles. The zero-order chi connectivity index (χ0) is 19.5. The highest BCUT2D eigenvalue weighted by molar-refractivity contribution is 7.14. The lowest BCUT2D eigenvalue weighted by atomic mass is 10.1. The summed E-state index contributed by atoms with van der Waals surface area (Å²) in [5.41, 5.74) is 2.39. The molecule has 2 aromatic heterocycles. The van der Waals surface area contributed by atoms with E-state index in [1.165, 1.54) is 23.5 Å². The van der Waals surface area contributed by atoms with Crippen LogP contribution < -0.4 is 5.32 Å². The fourth-order valence-corrected chi connectivity index (χ4v) is 3.31. The maximum Gasteiger partial charge on any atom is 0.293 e. The van der Waals surface area contributed by atoms with Gasteiger partial charge in [0.05, 0.1) is 10.6 Å². The monoisotopic (exact) mass is 391 g/mol. The number of benzene rings is 2. The predicted octanol–water partition coefficient (Wildman–Crippen LogP) is 5.23. The second-order valence-corrected chi connectivity index (χ2v) is 6.68. The molecule has 28 heavy (non-hydrogen) atoms. The fraction of sp³-hybridized carbons (Fsp3) is 0. The molecule has 0 atom stereocenters. The zero-order valence-corrected chi connectivity index (χ0v) is 15.2. The minimum atomic E-state index is -0.470. The van der Waals surface area contributed by atoms with Crippen molar-refractivity contribution in [3.8, 4) is 22.6 Å². The number of hydrogen-bond acceptors (Lipinski definition) is 6. The summed E-state index contributed by atoms with van der Waals surface area (Å²) in [5, 5.41) is 15.8. The van der Waals surface area contributed by atoms with Crippen LogP contribution in [-0.4, -0.2) is 15.8 Å². The molecule has 8 heteroatoms. The maximum atomic E-state index is 12.4. The standard InChI is InChI=1S/C20H13N3O4S/c24-19(22-20-21-16(12-28-20)13-4-2-1-3-5-13)18-11-10-17(27-18)14-6-8-15(9-7-14)23(25)26/h1-12H,(H,21,22,24). The average Bonchev–Trinajstić information content (AvgIpc) is 3.39. The van der Waals surface area contributed by atoms with E-state index in [0.29, 0.717) is 16.5 Å². The van der Waals surface area contributed by atoms with Crippen molar-refractivity contribution in [1.29, 1.82) is 0 Å². The molecule has 1 N–H and O–H groups in total. The van der Waals surface area contributed by atoms with Gasteiger partial charge in [0.2, 0.25) is 0 Å². The van der Waals surface area contributed by atoms with E-state index in [1.807, 2.05) is 35.7 Å². The van der Waals surface area contributed by atoms with Crippen molar-refractivity contribution in [2.45, 2.75) is 0 Å². The maximum absolute atomic E-state index is 12.4. The number of amides is 1. The third-order valence-electron chi connectivity index (χ3n) is 3.99. The number of nitrogens with zero attached hydrogens (tertiary/aromatic N) is 2. The number of carbonyl (C=O) groups excluding carboxylic acids is 1. The third-order valence-corrected chi connectivity index (χ3v) is 4.74. The van der Waals surface area contributed by atoms with Crippen LogP contribution in [0.2, 0.25) is 0 Å². The average molecular weight is 391 g/mol. The minimum absolute atomic E-state index is 0.00809. The van der Waals surface area contributed by atoms with Gasteiger partial charge in [-0.05, 0) is 24.3 Å².